The summed E-state index contributed by atoms with van der Waals surface area (Å²) in [7, 11) is 0. The molecule has 0 N–H and O–H groups in total. The molecule has 1 aliphatic rings. The molecule has 8 heteroatoms. The monoisotopic (exact) mass is 440 g/mol. The molecule has 0 radical (unpaired) electrons. The fourth-order valence-electron chi connectivity index (χ4n) is 4.10. The molecule has 1 fully saturated rings. The number of hydrogen-bond donors (Lipinski definition) is 0. The number of benzene rings is 1. The van der Waals surface area contributed by atoms with E-state index in [1.165, 1.54) is 0 Å². The van der Waals surface area contributed by atoms with Crippen molar-refractivity contribution in [2.75, 3.05) is 13.1 Å². The van der Waals surface area contributed by atoms with Gasteiger partial charge in [0.15, 0.2) is 5.82 Å². The highest BCUT2D eigenvalue weighted by molar-refractivity contribution is 5.94. The molecule has 1 aliphatic heterocycles. The Kier molecular flexibility index (Phi) is 5.80. The number of aryl methyl sites for hydroxylation is 1. The topological polar surface area (TPSA) is 86.0 Å². The Hall–Kier alpha value is -4.07. The number of nitrogens with zero attached hydrogens (tertiary/aromatic N) is 6. The van der Waals surface area contributed by atoms with E-state index in [4.69, 9.17) is 4.74 Å². The van der Waals surface area contributed by atoms with Crippen LogP contribution in [0.15, 0.2) is 73.4 Å². The van der Waals surface area contributed by atoms with Gasteiger partial charge in [0.25, 0.3) is 5.91 Å². The number of aromatic nitrogens is 5. The summed E-state index contributed by atoms with van der Waals surface area (Å²) in [6.07, 6.45) is 10.2. The Bertz CT molecular complexity index is 1240. The predicted molar refractivity (Wildman–Crippen MR) is 123 cm³/mol. The molecule has 1 saturated heterocycles. The Morgan fingerprint density at radius 1 is 1.06 bits per heavy atom. The average molecular weight is 441 g/mol. The summed E-state index contributed by atoms with van der Waals surface area (Å²) in [6.45, 7) is 3.28. The molecule has 0 saturated carbocycles. The maximum absolute atomic E-state index is 13.2. The number of carbonyl (C=O) groups is 1. The van der Waals surface area contributed by atoms with E-state index in [0.29, 0.717) is 30.4 Å². The minimum atomic E-state index is -0.0377. The average Bonchev–Trinajstić information content (AvgIpc) is 3.39. The summed E-state index contributed by atoms with van der Waals surface area (Å²) in [5, 5.41) is 4.17. The van der Waals surface area contributed by atoms with Crippen molar-refractivity contribution < 1.29 is 9.53 Å². The van der Waals surface area contributed by atoms with Gasteiger partial charge in [0.1, 0.15) is 11.4 Å². The van der Waals surface area contributed by atoms with Crippen molar-refractivity contribution in [1.82, 2.24) is 29.6 Å². The largest absolute Gasteiger partial charge is 0.437 e. The van der Waals surface area contributed by atoms with Crippen molar-refractivity contribution in [1.29, 1.82) is 0 Å². The number of ether oxygens (including phenoxy) is 1. The van der Waals surface area contributed by atoms with Crippen LogP contribution in [0.1, 0.15) is 40.4 Å². The minimum Gasteiger partial charge on any atom is -0.437 e. The molecule has 0 bridgehead atoms. The van der Waals surface area contributed by atoms with E-state index in [1.807, 2.05) is 48.4 Å². The summed E-state index contributed by atoms with van der Waals surface area (Å²) in [4.78, 5) is 28.5. The minimum absolute atomic E-state index is 0.0377. The van der Waals surface area contributed by atoms with Gasteiger partial charge in [-0.05, 0) is 55.7 Å². The van der Waals surface area contributed by atoms with Crippen molar-refractivity contribution in [3.05, 3.63) is 90.3 Å². The second-order valence-corrected chi connectivity index (χ2v) is 8.11. The van der Waals surface area contributed by atoms with E-state index in [1.54, 1.807) is 41.6 Å². The first kappa shape index (κ1) is 20.8. The highest BCUT2D eigenvalue weighted by atomic mass is 16.5. The van der Waals surface area contributed by atoms with Crippen LogP contribution in [0.2, 0.25) is 0 Å². The maximum atomic E-state index is 13.2. The highest BCUT2D eigenvalue weighted by Gasteiger charge is 2.29. The number of hydrogen-bond acceptors (Lipinski definition) is 6. The van der Waals surface area contributed by atoms with Crippen LogP contribution in [0.25, 0.3) is 5.82 Å². The fourth-order valence-corrected chi connectivity index (χ4v) is 4.10. The molecule has 3 aromatic heterocycles. The summed E-state index contributed by atoms with van der Waals surface area (Å²) in [5.41, 5.74) is 2.45. The normalized spacial score (nSPS) is 15.9. The molecule has 166 valence electrons. The second-order valence-electron chi connectivity index (χ2n) is 8.11. The SMILES string of the molecule is Cc1cccc(Oc2nccnc2[C@H]2CCCN(C(=O)c3ccc(-n4cccn4)nc3)C2)c1. The zero-order valence-corrected chi connectivity index (χ0v) is 18.3. The van der Waals surface area contributed by atoms with Gasteiger partial charge in [-0.3, -0.25) is 9.78 Å². The van der Waals surface area contributed by atoms with Crippen LogP contribution >= 0.6 is 0 Å². The lowest BCUT2D eigenvalue weighted by Crippen LogP contribution is -2.39. The van der Waals surface area contributed by atoms with Gasteiger partial charge < -0.3 is 9.64 Å². The quantitative estimate of drug-likeness (QED) is 0.463. The van der Waals surface area contributed by atoms with E-state index >= 15 is 0 Å². The lowest BCUT2D eigenvalue weighted by Gasteiger charge is -2.32. The Morgan fingerprint density at radius 2 is 1.97 bits per heavy atom. The van der Waals surface area contributed by atoms with Crippen LogP contribution in [-0.2, 0) is 0 Å². The van der Waals surface area contributed by atoms with Crippen molar-refractivity contribution in [2.24, 2.45) is 0 Å². The van der Waals surface area contributed by atoms with Gasteiger partial charge in [0, 0.05) is 50.0 Å². The molecule has 8 nitrogen and oxygen atoms in total. The fraction of sp³-hybridized carbons (Fsp3) is 0.240. The standard InChI is InChI=1S/C25H24N6O2/c1-18-5-2-7-21(15-18)33-24-23(26-11-12-27-24)20-6-3-13-30(17-20)25(32)19-8-9-22(28-16-19)31-14-4-10-29-31/h2,4-5,7-12,14-16,20H,3,6,13,17H2,1H3/t20-/m0/s1. The van der Waals surface area contributed by atoms with Gasteiger partial charge in [-0.25, -0.2) is 14.6 Å². The Balaban J connectivity index is 1.32. The molecular formula is C25H24N6O2. The third-order valence-corrected chi connectivity index (χ3v) is 5.72. The van der Waals surface area contributed by atoms with Gasteiger partial charge in [-0.2, -0.15) is 5.10 Å². The van der Waals surface area contributed by atoms with Crippen molar-refractivity contribution in [2.45, 2.75) is 25.7 Å². The third kappa shape index (κ3) is 4.59. The predicted octanol–water partition coefficient (Wildman–Crippen LogP) is 4.18. The van der Waals surface area contributed by atoms with Crippen LogP contribution < -0.4 is 4.74 Å². The number of amides is 1. The van der Waals surface area contributed by atoms with Gasteiger partial charge in [-0.15, -0.1) is 0 Å². The zero-order valence-electron chi connectivity index (χ0n) is 18.3. The van der Waals surface area contributed by atoms with E-state index < -0.39 is 0 Å². The van der Waals surface area contributed by atoms with Gasteiger partial charge in [0.05, 0.1) is 5.56 Å². The van der Waals surface area contributed by atoms with Crippen LogP contribution in [-0.4, -0.2) is 48.6 Å². The molecule has 5 rings (SSSR count). The molecule has 1 atom stereocenters. The smallest absolute Gasteiger partial charge is 0.255 e. The summed E-state index contributed by atoms with van der Waals surface area (Å²) < 4.78 is 7.74. The van der Waals surface area contributed by atoms with Gasteiger partial charge in [-0.1, -0.05) is 12.1 Å². The molecule has 0 unspecified atom stereocenters. The zero-order chi connectivity index (χ0) is 22.6. The Labute approximate surface area is 191 Å². The molecular weight excluding hydrogens is 416 g/mol. The van der Waals surface area contributed by atoms with Crippen LogP contribution in [0.4, 0.5) is 0 Å². The van der Waals surface area contributed by atoms with E-state index in [0.717, 1.165) is 29.8 Å². The number of rotatable bonds is 5. The molecule has 4 heterocycles. The Morgan fingerprint density at radius 3 is 2.76 bits per heavy atom. The maximum Gasteiger partial charge on any atom is 0.255 e. The highest BCUT2D eigenvalue weighted by Crippen LogP contribution is 2.33. The van der Waals surface area contributed by atoms with Gasteiger partial charge >= 0.3 is 0 Å². The van der Waals surface area contributed by atoms with Crippen molar-refractivity contribution in [3.8, 4) is 17.4 Å². The van der Waals surface area contributed by atoms with Crippen LogP contribution in [0.3, 0.4) is 0 Å². The molecule has 1 amide bonds. The second kappa shape index (κ2) is 9.20. The molecule has 0 aliphatic carbocycles. The number of pyridine rings is 1. The van der Waals surface area contributed by atoms with E-state index in [2.05, 4.69) is 20.1 Å². The molecule has 0 spiro atoms. The third-order valence-electron chi connectivity index (χ3n) is 5.72. The lowest BCUT2D eigenvalue weighted by atomic mass is 9.94. The van der Waals surface area contributed by atoms with E-state index in [-0.39, 0.29) is 11.8 Å². The first-order valence-corrected chi connectivity index (χ1v) is 11.0. The van der Waals surface area contributed by atoms with Gasteiger partial charge in [0.2, 0.25) is 5.88 Å². The molecule has 1 aromatic carbocycles. The first-order valence-electron chi connectivity index (χ1n) is 11.0. The summed E-state index contributed by atoms with van der Waals surface area (Å²) in [5.74, 6) is 1.90. The number of likely N-dealkylation sites (tertiary alicyclic amines) is 1. The summed E-state index contributed by atoms with van der Waals surface area (Å²) >= 11 is 0. The lowest BCUT2D eigenvalue weighted by molar-refractivity contribution is 0.0704. The molecule has 4 aromatic rings. The number of piperidine rings is 1. The first-order chi connectivity index (χ1) is 16.2. The number of carbonyl (C=O) groups excluding carboxylic acids is 1. The molecule has 33 heavy (non-hydrogen) atoms. The van der Waals surface area contributed by atoms with Crippen molar-refractivity contribution >= 4 is 5.91 Å². The summed E-state index contributed by atoms with van der Waals surface area (Å²) in [6, 6.07) is 13.3. The van der Waals surface area contributed by atoms with E-state index in [9.17, 15) is 4.79 Å². The van der Waals surface area contributed by atoms with Crippen LogP contribution in [0.5, 0.6) is 11.6 Å². The van der Waals surface area contributed by atoms with Crippen molar-refractivity contribution in [3.63, 3.8) is 0 Å². The van der Waals surface area contributed by atoms with Crippen LogP contribution in [0, 0.1) is 6.92 Å².